The number of carboxylic acids is 1. The van der Waals surface area contributed by atoms with Gasteiger partial charge in [0.05, 0.1) is 0 Å². The van der Waals surface area contributed by atoms with Crippen LogP contribution >= 0.6 is 11.8 Å². The minimum atomic E-state index is -0.776. The van der Waals surface area contributed by atoms with Crippen molar-refractivity contribution < 1.29 is 9.90 Å². The van der Waals surface area contributed by atoms with Gasteiger partial charge >= 0.3 is 5.97 Å². The van der Waals surface area contributed by atoms with Crippen molar-refractivity contribution in [3.8, 4) is 0 Å². The first-order valence-corrected chi connectivity index (χ1v) is 7.78. The van der Waals surface area contributed by atoms with Crippen LogP contribution < -0.4 is 5.32 Å². The number of fused-ring (bicyclic) bond motifs is 1. The predicted molar refractivity (Wildman–Crippen MR) is 78.9 cm³/mol. The van der Waals surface area contributed by atoms with Crippen LogP contribution in [0.15, 0.2) is 23.1 Å². The third-order valence-electron chi connectivity index (χ3n) is 3.32. The van der Waals surface area contributed by atoms with E-state index in [1.165, 1.54) is 28.9 Å². The van der Waals surface area contributed by atoms with Gasteiger partial charge in [-0.2, -0.15) is 0 Å². The van der Waals surface area contributed by atoms with Gasteiger partial charge in [-0.25, -0.2) is 0 Å². The zero-order chi connectivity index (χ0) is 13.8. The van der Waals surface area contributed by atoms with Gasteiger partial charge in [0, 0.05) is 16.7 Å². The second-order valence-electron chi connectivity index (χ2n) is 5.31. The Morgan fingerprint density at radius 3 is 2.79 bits per heavy atom. The molecule has 2 N–H and O–H groups in total. The molecule has 4 heteroatoms. The quantitative estimate of drug-likeness (QED) is 0.786. The van der Waals surface area contributed by atoms with Gasteiger partial charge < -0.3 is 10.4 Å². The molecule has 1 aliphatic rings. The van der Waals surface area contributed by atoms with Crippen LogP contribution in [0.1, 0.15) is 31.4 Å². The predicted octanol–water partition coefficient (Wildman–Crippen LogP) is 2.72. The maximum atomic E-state index is 11.2. The number of aryl methyl sites for hydroxylation is 2. The number of benzene rings is 1. The van der Waals surface area contributed by atoms with Crippen molar-refractivity contribution >= 4 is 17.7 Å². The zero-order valence-electron chi connectivity index (χ0n) is 11.5. The summed E-state index contributed by atoms with van der Waals surface area (Å²) in [5.74, 6) is -0.214. The molecule has 2 rings (SSSR count). The number of carbonyl (C=O) groups is 1. The summed E-state index contributed by atoms with van der Waals surface area (Å²) in [5, 5.41) is 12.3. The molecule has 1 unspecified atom stereocenters. The van der Waals surface area contributed by atoms with E-state index < -0.39 is 12.0 Å². The van der Waals surface area contributed by atoms with Crippen LogP contribution in [-0.2, 0) is 17.6 Å². The van der Waals surface area contributed by atoms with E-state index in [4.69, 9.17) is 0 Å². The second kappa shape index (κ2) is 6.44. The third kappa shape index (κ3) is 3.98. The van der Waals surface area contributed by atoms with Crippen LogP contribution in [0.2, 0.25) is 0 Å². The number of nitrogens with one attached hydrogen (secondary N) is 1. The van der Waals surface area contributed by atoms with Gasteiger partial charge in [0.25, 0.3) is 0 Å². The van der Waals surface area contributed by atoms with Crippen molar-refractivity contribution in [1.29, 1.82) is 0 Å². The van der Waals surface area contributed by atoms with Gasteiger partial charge in [0.15, 0.2) is 0 Å². The molecule has 0 aromatic heterocycles. The number of hydrogen-bond donors (Lipinski definition) is 2. The van der Waals surface area contributed by atoms with Crippen molar-refractivity contribution in [2.75, 3.05) is 5.75 Å². The Bertz CT molecular complexity index is 459. The number of rotatable bonds is 6. The molecule has 0 fully saturated rings. The maximum Gasteiger partial charge on any atom is 0.321 e. The minimum absolute atomic E-state index is 0.182. The number of hydrogen-bond acceptors (Lipinski definition) is 3. The Morgan fingerprint density at radius 1 is 1.37 bits per heavy atom. The highest BCUT2D eigenvalue weighted by atomic mass is 32.2. The Labute approximate surface area is 118 Å². The monoisotopic (exact) mass is 279 g/mol. The maximum absolute atomic E-state index is 11.2. The number of thioether (sulfide) groups is 1. The SMILES string of the molecule is CC(C)NC(CSc1ccc2c(c1)CCC2)C(=O)O. The highest BCUT2D eigenvalue weighted by Crippen LogP contribution is 2.27. The molecule has 0 aliphatic heterocycles. The van der Waals surface area contributed by atoms with Gasteiger partial charge in [-0.1, -0.05) is 19.9 Å². The lowest BCUT2D eigenvalue weighted by Gasteiger charge is -2.17. The van der Waals surface area contributed by atoms with Crippen LogP contribution in [-0.4, -0.2) is 28.9 Å². The zero-order valence-corrected chi connectivity index (χ0v) is 12.3. The first kappa shape index (κ1) is 14.4. The molecule has 1 aromatic carbocycles. The molecule has 0 radical (unpaired) electrons. The summed E-state index contributed by atoms with van der Waals surface area (Å²) < 4.78 is 0. The van der Waals surface area contributed by atoms with Crippen molar-refractivity contribution in [3.63, 3.8) is 0 Å². The van der Waals surface area contributed by atoms with Gasteiger partial charge in [-0.05, 0) is 42.5 Å². The van der Waals surface area contributed by atoms with E-state index in [2.05, 4.69) is 23.5 Å². The average Bonchev–Trinajstić information content (AvgIpc) is 2.80. The van der Waals surface area contributed by atoms with E-state index in [9.17, 15) is 9.90 Å². The molecule has 1 aliphatic carbocycles. The Hall–Kier alpha value is -1.00. The fourth-order valence-corrected chi connectivity index (χ4v) is 3.40. The summed E-state index contributed by atoms with van der Waals surface area (Å²) in [6.07, 6.45) is 3.60. The summed E-state index contributed by atoms with van der Waals surface area (Å²) >= 11 is 1.62. The highest BCUT2D eigenvalue weighted by Gasteiger charge is 2.18. The first-order valence-electron chi connectivity index (χ1n) is 6.79. The van der Waals surface area contributed by atoms with E-state index in [1.807, 2.05) is 13.8 Å². The van der Waals surface area contributed by atoms with Crippen molar-refractivity contribution in [2.45, 2.75) is 50.1 Å². The van der Waals surface area contributed by atoms with E-state index in [-0.39, 0.29) is 6.04 Å². The summed E-state index contributed by atoms with van der Waals surface area (Å²) in [5.41, 5.74) is 2.90. The minimum Gasteiger partial charge on any atom is -0.480 e. The standard InChI is InChI=1S/C15H21NO2S/c1-10(2)16-14(15(17)18)9-19-13-7-6-11-4-3-5-12(11)8-13/h6-8,10,14,16H,3-5,9H2,1-2H3,(H,17,18). The van der Waals surface area contributed by atoms with Crippen LogP contribution in [0.3, 0.4) is 0 Å². The van der Waals surface area contributed by atoms with E-state index >= 15 is 0 Å². The molecule has 104 valence electrons. The van der Waals surface area contributed by atoms with Crippen LogP contribution in [0.5, 0.6) is 0 Å². The van der Waals surface area contributed by atoms with Crippen molar-refractivity contribution in [3.05, 3.63) is 29.3 Å². The second-order valence-corrected chi connectivity index (χ2v) is 6.40. The average molecular weight is 279 g/mol. The van der Waals surface area contributed by atoms with Crippen LogP contribution in [0.25, 0.3) is 0 Å². The molecule has 0 saturated carbocycles. The number of carboxylic acid groups (broad SMARTS) is 1. The fourth-order valence-electron chi connectivity index (χ4n) is 2.41. The van der Waals surface area contributed by atoms with E-state index in [1.54, 1.807) is 11.8 Å². The third-order valence-corrected chi connectivity index (χ3v) is 4.41. The fraction of sp³-hybridized carbons (Fsp3) is 0.533. The van der Waals surface area contributed by atoms with Crippen LogP contribution in [0, 0.1) is 0 Å². The first-order chi connectivity index (χ1) is 9.06. The molecule has 19 heavy (non-hydrogen) atoms. The molecule has 1 atom stereocenters. The summed E-state index contributed by atoms with van der Waals surface area (Å²) in [6, 6.07) is 6.22. The lowest BCUT2D eigenvalue weighted by atomic mass is 10.1. The smallest absolute Gasteiger partial charge is 0.321 e. The van der Waals surface area contributed by atoms with E-state index in [0.29, 0.717) is 5.75 Å². The van der Waals surface area contributed by atoms with Crippen molar-refractivity contribution in [2.24, 2.45) is 0 Å². The topological polar surface area (TPSA) is 49.3 Å². The molecular formula is C15H21NO2S. The summed E-state index contributed by atoms with van der Waals surface area (Å²) in [4.78, 5) is 12.3. The Balaban J connectivity index is 1.95. The summed E-state index contributed by atoms with van der Waals surface area (Å²) in [6.45, 7) is 3.94. The Morgan fingerprint density at radius 2 is 2.11 bits per heavy atom. The molecule has 0 saturated heterocycles. The number of aliphatic carboxylic acids is 1. The molecular weight excluding hydrogens is 258 g/mol. The molecule has 0 heterocycles. The molecule has 0 spiro atoms. The van der Waals surface area contributed by atoms with Gasteiger partial charge in [0.2, 0.25) is 0 Å². The van der Waals surface area contributed by atoms with E-state index in [0.717, 1.165) is 6.42 Å². The van der Waals surface area contributed by atoms with Gasteiger partial charge in [-0.15, -0.1) is 11.8 Å². The molecule has 1 aromatic rings. The lowest BCUT2D eigenvalue weighted by molar-refractivity contribution is -0.139. The summed E-state index contributed by atoms with van der Waals surface area (Å²) in [7, 11) is 0. The molecule has 0 amide bonds. The molecule has 3 nitrogen and oxygen atoms in total. The largest absolute Gasteiger partial charge is 0.480 e. The van der Waals surface area contributed by atoms with Crippen LogP contribution in [0.4, 0.5) is 0 Å². The molecule has 0 bridgehead atoms. The Kier molecular flexibility index (Phi) is 4.88. The van der Waals surface area contributed by atoms with Crippen molar-refractivity contribution in [1.82, 2.24) is 5.32 Å². The van der Waals surface area contributed by atoms with Gasteiger partial charge in [-0.3, -0.25) is 4.79 Å². The highest BCUT2D eigenvalue weighted by molar-refractivity contribution is 7.99. The normalized spacial score (nSPS) is 15.5. The lowest BCUT2D eigenvalue weighted by Crippen LogP contribution is -2.42. The van der Waals surface area contributed by atoms with Gasteiger partial charge in [0.1, 0.15) is 6.04 Å².